The van der Waals surface area contributed by atoms with Gasteiger partial charge in [-0.1, -0.05) is 43.0 Å². The summed E-state index contributed by atoms with van der Waals surface area (Å²) in [4.78, 5) is 28.7. The first kappa shape index (κ1) is 18.0. The van der Waals surface area contributed by atoms with E-state index in [1.54, 1.807) is 23.4 Å². The lowest BCUT2D eigenvalue weighted by Crippen LogP contribution is -2.51. The minimum absolute atomic E-state index is 0.191. The van der Waals surface area contributed by atoms with Gasteiger partial charge in [0.05, 0.1) is 6.54 Å². The summed E-state index contributed by atoms with van der Waals surface area (Å²) in [6.07, 6.45) is 4.32. The highest BCUT2D eigenvalue weighted by Gasteiger charge is 2.44. The van der Waals surface area contributed by atoms with E-state index in [1.165, 1.54) is 15.5 Å². The standard InChI is InChI=1S/C22H22N4O2/c1-4-17-6-8-18(9-7-17)14-26-22(28)25-12-11-24(21(27)20(25)23-26)19-10-5-15(2)16(3)13-19/h4-13,20,23H,1,14H2,2-3H3. The van der Waals surface area contributed by atoms with Gasteiger partial charge in [0.1, 0.15) is 0 Å². The highest BCUT2D eigenvalue weighted by atomic mass is 16.2. The van der Waals surface area contributed by atoms with Crippen LogP contribution in [0.4, 0.5) is 10.5 Å². The summed E-state index contributed by atoms with van der Waals surface area (Å²) in [6.45, 7) is 8.16. The van der Waals surface area contributed by atoms with Crippen molar-refractivity contribution in [2.45, 2.75) is 26.6 Å². The number of carbonyl (C=O) groups excluding carboxylic acids is 2. The highest BCUT2D eigenvalue weighted by Crippen LogP contribution is 2.26. The Morgan fingerprint density at radius 1 is 1.04 bits per heavy atom. The molecule has 2 heterocycles. The maximum absolute atomic E-state index is 13.0. The Balaban J connectivity index is 1.53. The molecule has 2 aromatic carbocycles. The maximum Gasteiger partial charge on any atom is 0.340 e. The van der Waals surface area contributed by atoms with E-state index in [1.807, 2.05) is 56.3 Å². The number of rotatable bonds is 4. The lowest BCUT2D eigenvalue weighted by molar-refractivity contribution is -0.122. The van der Waals surface area contributed by atoms with Crippen LogP contribution >= 0.6 is 0 Å². The van der Waals surface area contributed by atoms with Gasteiger partial charge in [0.2, 0.25) is 0 Å². The molecule has 2 aliphatic heterocycles. The van der Waals surface area contributed by atoms with Crippen LogP contribution in [-0.2, 0) is 11.3 Å². The fourth-order valence-corrected chi connectivity index (χ4v) is 3.33. The third-order valence-electron chi connectivity index (χ3n) is 5.18. The van der Waals surface area contributed by atoms with Crippen molar-refractivity contribution in [2.75, 3.05) is 4.90 Å². The van der Waals surface area contributed by atoms with Crippen LogP contribution in [0.15, 0.2) is 61.4 Å². The quantitative estimate of drug-likeness (QED) is 0.891. The van der Waals surface area contributed by atoms with Crippen molar-refractivity contribution in [3.05, 3.63) is 83.7 Å². The molecule has 1 saturated heterocycles. The minimum atomic E-state index is -0.744. The van der Waals surface area contributed by atoms with E-state index in [2.05, 4.69) is 12.0 Å². The fraction of sp³-hybridized carbons (Fsp3) is 0.182. The SMILES string of the molecule is C=Cc1ccc(CN2NC3C(=O)N(c4ccc(C)c(C)c4)C=CN3C2=O)cc1. The largest absolute Gasteiger partial charge is 0.340 e. The summed E-state index contributed by atoms with van der Waals surface area (Å²) in [5.74, 6) is -0.191. The average Bonchev–Trinajstić information content (AvgIpc) is 3.02. The normalized spacial score (nSPS) is 18.6. The first-order chi connectivity index (χ1) is 13.5. The second kappa shape index (κ2) is 6.98. The first-order valence-electron chi connectivity index (χ1n) is 9.14. The monoisotopic (exact) mass is 374 g/mol. The topological polar surface area (TPSA) is 55.9 Å². The lowest BCUT2D eigenvalue weighted by atomic mass is 10.1. The van der Waals surface area contributed by atoms with Crippen LogP contribution in [0.2, 0.25) is 0 Å². The number of carbonyl (C=O) groups is 2. The van der Waals surface area contributed by atoms with Gasteiger partial charge in [-0.25, -0.2) is 4.79 Å². The molecule has 0 spiro atoms. The molecular formula is C22H22N4O2. The number of amides is 3. The second-order valence-corrected chi connectivity index (χ2v) is 7.03. The van der Waals surface area contributed by atoms with Gasteiger partial charge < -0.3 is 0 Å². The molecule has 0 bridgehead atoms. The predicted molar refractivity (Wildman–Crippen MR) is 109 cm³/mol. The molecule has 0 saturated carbocycles. The molecule has 1 unspecified atom stereocenters. The molecular weight excluding hydrogens is 352 g/mol. The number of anilines is 1. The van der Waals surface area contributed by atoms with Gasteiger partial charge in [0, 0.05) is 18.1 Å². The van der Waals surface area contributed by atoms with Gasteiger partial charge in [0.25, 0.3) is 5.91 Å². The number of hydrazine groups is 1. The van der Waals surface area contributed by atoms with Crippen LogP contribution in [0.1, 0.15) is 22.3 Å². The van der Waals surface area contributed by atoms with Crippen molar-refractivity contribution in [3.63, 3.8) is 0 Å². The Bertz CT molecular complexity index is 981. The summed E-state index contributed by atoms with van der Waals surface area (Å²) in [7, 11) is 0. The van der Waals surface area contributed by atoms with Crippen LogP contribution in [0.3, 0.4) is 0 Å². The Labute approximate surface area is 164 Å². The van der Waals surface area contributed by atoms with E-state index in [4.69, 9.17) is 0 Å². The third kappa shape index (κ3) is 3.08. The van der Waals surface area contributed by atoms with Gasteiger partial charge in [-0.05, 0) is 48.2 Å². The third-order valence-corrected chi connectivity index (χ3v) is 5.18. The Hall–Kier alpha value is -3.38. The number of nitrogens with one attached hydrogen (secondary N) is 1. The molecule has 0 aromatic heterocycles. The Kier molecular flexibility index (Phi) is 4.49. The van der Waals surface area contributed by atoms with E-state index < -0.39 is 6.17 Å². The average molecular weight is 374 g/mol. The van der Waals surface area contributed by atoms with Crippen molar-refractivity contribution >= 4 is 23.7 Å². The Morgan fingerprint density at radius 2 is 1.79 bits per heavy atom. The van der Waals surface area contributed by atoms with Crippen LogP contribution in [0.25, 0.3) is 6.08 Å². The van der Waals surface area contributed by atoms with Crippen molar-refractivity contribution in [1.29, 1.82) is 0 Å². The molecule has 2 aliphatic rings. The van der Waals surface area contributed by atoms with E-state index in [0.717, 1.165) is 22.4 Å². The molecule has 1 fully saturated rings. The molecule has 3 amide bonds. The number of fused-ring (bicyclic) bond motifs is 1. The summed E-state index contributed by atoms with van der Waals surface area (Å²) >= 11 is 0. The van der Waals surface area contributed by atoms with Crippen molar-refractivity contribution in [3.8, 4) is 0 Å². The number of benzene rings is 2. The van der Waals surface area contributed by atoms with E-state index >= 15 is 0 Å². The zero-order valence-electron chi connectivity index (χ0n) is 15.9. The van der Waals surface area contributed by atoms with E-state index in [-0.39, 0.29) is 11.9 Å². The van der Waals surface area contributed by atoms with Gasteiger partial charge in [0.15, 0.2) is 6.17 Å². The molecule has 0 radical (unpaired) electrons. The summed E-state index contributed by atoms with van der Waals surface area (Å²) in [6, 6.07) is 13.4. The molecule has 6 heteroatoms. The summed E-state index contributed by atoms with van der Waals surface area (Å²) in [5.41, 5.74) is 8.10. The molecule has 0 aliphatic carbocycles. The van der Waals surface area contributed by atoms with Gasteiger partial charge in [-0.2, -0.15) is 5.43 Å². The predicted octanol–water partition coefficient (Wildman–Crippen LogP) is 3.53. The van der Waals surface area contributed by atoms with Crippen molar-refractivity contribution < 1.29 is 9.59 Å². The van der Waals surface area contributed by atoms with Gasteiger partial charge >= 0.3 is 6.03 Å². The van der Waals surface area contributed by atoms with E-state index in [0.29, 0.717) is 6.54 Å². The lowest BCUT2D eigenvalue weighted by Gasteiger charge is -2.29. The van der Waals surface area contributed by atoms with Gasteiger partial charge in [-0.3, -0.25) is 19.6 Å². The first-order valence-corrected chi connectivity index (χ1v) is 9.14. The molecule has 4 rings (SSSR count). The van der Waals surface area contributed by atoms with Crippen LogP contribution in [0, 0.1) is 13.8 Å². The summed E-state index contributed by atoms with van der Waals surface area (Å²) in [5, 5.41) is 1.47. The van der Waals surface area contributed by atoms with E-state index in [9.17, 15) is 9.59 Å². The van der Waals surface area contributed by atoms with Crippen LogP contribution < -0.4 is 10.3 Å². The Morgan fingerprint density at radius 3 is 2.46 bits per heavy atom. The molecule has 28 heavy (non-hydrogen) atoms. The summed E-state index contributed by atoms with van der Waals surface area (Å²) < 4.78 is 0. The van der Waals surface area contributed by atoms with Crippen molar-refractivity contribution in [2.24, 2.45) is 0 Å². The zero-order valence-corrected chi connectivity index (χ0v) is 15.9. The number of hydrogen-bond donors (Lipinski definition) is 1. The molecule has 1 atom stereocenters. The highest BCUT2D eigenvalue weighted by molar-refractivity contribution is 6.03. The number of hydrogen-bond acceptors (Lipinski definition) is 3. The maximum atomic E-state index is 13.0. The van der Waals surface area contributed by atoms with Crippen molar-refractivity contribution in [1.82, 2.24) is 15.3 Å². The van der Waals surface area contributed by atoms with Gasteiger partial charge in [-0.15, -0.1) is 0 Å². The smallest absolute Gasteiger partial charge is 0.283 e. The number of nitrogens with zero attached hydrogens (tertiary/aromatic N) is 3. The minimum Gasteiger partial charge on any atom is -0.283 e. The number of aryl methyl sites for hydroxylation is 2. The molecule has 142 valence electrons. The van der Waals surface area contributed by atoms with Crippen LogP contribution in [-0.4, -0.2) is 28.0 Å². The molecule has 6 nitrogen and oxygen atoms in total. The number of urea groups is 1. The zero-order chi connectivity index (χ0) is 19.8. The van der Waals surface area contributed by atoms with Crippen LogP contribution in [0.5, 0.6) is 0 Å². The second-order valence-electron chi connectivity index (χ2n) is 7.03. The molecule has 2 aromatic rings. The molecule has 1 N–H and O–H groups in total. The fourth-order valence-electron chi connectivity index (χ4n) is 3.33.